The van der Waals surface area contributed by atoms with Gasteiger partial charge in [0, 0.05) is 12.8 Å². The second-order valence-electron chi connectivity index (χ2n) is 14.1. The van der Waals surface area contributed by atoms with Crippen LogP contribution >= 0.6 is 7.82 Å². The molecule has 11 nitrogen and oxygen atoms in total. The molecule has 310 valence electrons. The van der Waals surface area contributed by atoms with Crippen LogP contribution in [0.25, 0.3) is 0 Å². The van der Waals surface area contributed by atoms with Gasteiger partial charge in [-0.3, -0.25) is 23.4 Å². The number of carboxylic acids is 1. The van der Waals surface area contributed by atoms with Crippen LogP contribution in [0, 0.1) is 0 Å². The first-order valence-corrected chi connectivity index (χ1v) is 22.4. The third-order valence-corrected chi connectivity index (χ3v) is 9.90. The van der Waals surface area contributed by atoms with Crippen LogP contribution in [0.3, 0.4) is 0 Å². The fourth-order valence-corrected chi connectivity index (χ4v) is 6.40. The van der Waals surface area contributed by atoms with Gasteiger partial charge in [0.05, 0.1) is 13.2 Å². The van der Waals surface area contributed by atoms with Crippen molar-refractivity contribution < 1.29 is 47.5 Å². The Bertz CT molecular complexity index is 1010. The van der Waals surface area contributed by atoms with E-state index < -0.39 is 51.1 Å². The van der Waals surface area contributed by atoms with E-state index in [0.29, 0.717) is 12.8 Å². The van der Waals surface area contributed by atoms with Gasteiger partial charge in [0.15, 0.2) is 6.10 Å². The molecule has 0 aromatic heterocycles. The number of hydrogen-bond acceptors (Lipinski definition) is 9. The van der Waals surface area contributed by atoms with E-state index in [2.05, 4.69) is 42.7 Å². The highest BCUT2D eigenvalue weighted by atomic mass is 31.2. The number of nitrogens with two attached hydrogens (primary N) is 1. The van der Waals surface area contributed by atoms with Crippen molar-refractivity contribution >= 4 is 25.7 Å². The summed E-state index contributed by atoms with van der Waals surface area (Å²) in [5.41, 5.74) is 5.32. The maximum atomic E-state index is 12.6. The third kappa shape index (κ3) is 36.7. The second kappa shape index (κ2) is 36.9. The lowest BCUT2D eigenvalue weighted by Gasteiger charge is -2.20. The number of aliphatic carboxylic acids is 1. The van der Waals surface area contributed by atoms with E-state index in [1.54, 1.807) is 0 Å². The molecule has 0 spiro atoms. The molecule has 0 rings (SSSR count). The zero-order chi connectivity index (χ0) is 39.3. The van der Waals surface area contributed by atoms with Crippen LogP contribution in [0.4, 0.5) is 0 Å². The summed E-state index contributed by atoms with van der Waals surface area (Å²) in [6.45, 7) is 2.76. The summed E-state index contributed by atoms with van der Waals surface area (Å²) in [6, 6.07) is -1.52. The molecule has 0 aliphatic carbocycles. The Morgan fingerprint density at radius 1 is 0.585 bits per heavy atom. The Labute approximate surface area is 321 Å². The van der Waals surface area contributed by atoms with Crippen molar-refractivity contribution in [1.82, 2.24) is 0 Å². The molecule has 0 bridgehead atoms. The Kier molecular flexibility index (Phi) is 35.5. The second-order valence-corrected chi connectivity index (χ2v) is 15.6. The molecule has 0 saturated heterocycles. The quantitative estimate of drug-likeness (QED) is 0.0235. The molecule has 0 fully saturated rings. The first kappa shape index (κ1) is 51.0. The van der Waals surface area contributed by atoms with E-state index in [0.717, 1.165) is 51.4 Å². The van der Waals surface area contributed by atoms with Crippen LogP contribution < -0.4 is 5.73 Å². The first-order chi connectivity index (χ1) is 25.6. The van der Waals surface area contributed by atoms with Crippen molar-refractivity contribution in [3.63, 3.8) is 0 Å². The van der Waals surface area contributed by atoms with Gasteiger partial charge in [-0.25, -0.2) is 4.57 Å². The monoisotopic (exact) mass is 774 g/mol. The minimum absolute atomic E-state index is 0.159. The van der Waals surface area contributed by atoms with E-state index in [1.807, 2.05) is 0 Å². The van der Waals surface area contributed by atoms with Gasteiger partial charge in [-0.2, -0.15) is 0 Å². The fraction of sp³-hybridized carbons (Fsp3) is 0.829. The van der Waals surface area contributed by atoms with Crippen molar-refractivity contribution in [3.05, 3.63) is 24.3 Å². The molecule has 3 atom stereocenters. The largest absolute Gasteiger partial charge is 0.480 e. The van der Waals surface area contributed by atoms with Gasteiger partial charge in [0.25, 0.3) is 0 Å². The van der Waals surface area contributed by atoms with E-state index in [9.17, 15) is 23.8 Å². The lowest BCUT2D eigenvalue weighted by atomic mass is 10.1. The summed E-state index contributed by atoms with van der Waals surface area (Å²) < 4.78 is 32.6. The summed E-state index contributed by atoms with van der Waals surface area (Å²) >= 11 is 0. The van der Waals surface area contributed by atoms with Gasteiger partial charge in [-0.05, 0) is 44.9 Å². The third-order valence-electron chi connectivity index (χ3n) is 8.95. The lowest BCUT2D eigenvalue weighted by molar-refractivity contribution is -0.161. The van der Waals surface area contributed by atoms with Gasteiger partial charge in [0.2, 0.25) is 0 Å². The van der Waals surface area contributed by atoms with E-state index in [1.165, 1.54) is 96.3 Å². The molecule has 4 N–H and O–H groups in total. The molecule has 1 unspecified atom stereocenters. The highest BCUT2D eigenvalue weighted by molar-refractivity contribution is 7.47. The van der Waals surface area contributed by atoms with Crippen LogP contribution in [0.15, 0.2) is 24.3 Å². The molecular formula is C41H76NO10P. The maximum absolute atomic E-state index is 12.6. The number of hydrogen-bond donors (Lipinski definition) is 3. The summed E-state index contributed by atoms with van der Waals surface area (Å²) in [6.07, 6.45) is 36.7. The van der Waals surface area contributed by atoms with E-state index in [-0.39, 0.29) is 19.4 Å². The number of esters is 2. The van der Waals surface area contributed by atoms with Gasteiger partial charge in [0.1, 0.15) is 12.6 Å². The molecule has 12 heteroatoms. The highest BCUT2D eigenvalue weighted by Crippen LogP contribution is 2.43. The number of rotatable bonds is 39. The zero-order valence-electron chi connectivity index (χ0n) is 33.4. The average molecular weight is 774 g/mol. The first-order valence-electron chi connectivity index (χ1n) is 20.9. The molecule has 0 aliphatic heterocycles. The summed E-state index contributed by atoms with van der Waals surface area (Å²) in [7, 11) is -4.71. The minimum Gasteiger partial charge on any atom is -0.480 e. The molecule has 0 aliphatic rings. The van der Waals surface area contributed by atoms with Gasteiger partial charge < -0.3 is 25.2 Å². The molecule has 0 heterocycles. The van der Waals surface area contributed by atoms with E-state index in [4.69, 9.17) is 24.8 Å². The normalized spacial score (nSPS) is 14.0. The summed E-state index contributed by atoms with van der Waals surface area (Å²) in [5, 5.41) is 8.87. The molecule has 0 radical (unpaired) electrons. The number of allylic oxidation sites excluding steroid dienone is 4. The number of phosphoric ester groups is 1. The number of carbonyl (C=O) groups is 3. The SMILES string of the molecule is CCCCC/C=C/C/C=C/CCCCCCCCCCCC(=O)O[C@@H](COC(=O)CCCCCCCCCCCC)COP(=O)(O)OC[C@H](N)C(=O)O. The smallest absolute Gasteiger partial charge is 0.472 e. The van der Waals surface area contributed by atoms with Gasteiger partial charge in [-0.1, -0.05) is 154 Å². The Morgan fingerprint density at radius 2 is 1.00 bits per heavy atom. The van der Waals surface area contributed by atoms with Crippen LogP contribution in [-0.4, -0.2) is 59.9 Å². The Hall–Kier alpha value is -2.04. The van der Waals surface area contributed by atoms with Crippen LogP contribution in [0.5, 0.6) is 0 Å². The van der Waals surface area contributed by atoms with E-state index >= 15 is 0 Å². The topological polar surface area (TPSA) is 172 Å². The molecule has 53 heavy (non-hydrogen) atoms. The highest BCUT2D eigenvalue weighted by Gasteiger charge is 2.28. The number of unbranched alkanes of at least 4 members (excludes halogenated alkanes) is 21. The van der Waals surface area contributed by atoms with Crippen molar-refractivity contribution in [2.75, 3.05) is 19.8 Å². The molecule has 0 amide bonds. The molecule has 0 aromatic rings. The standard InChI is InChI=1S/C41H76NO10P/c1-3-5-7-9-11-13-15-16-17-18-19-20-21-22-23-25-27-29-31-33-40(44)52-37(35-50-53(47,48)51-36-38(42)41(45)46)34-49-39(43)32-30-28-26-24-14-12-10-8-6-4-2/h11,13,16-17,37-38H,3-10,12,14-15,18-36,42H2,1-2H3,(H,45,46)(H,47,48)/b13-11+,17-16+/t37-,38-/m0/s1. The number of carbonyl (C=O) groups excluding carboxylic acids is 2. The predicted molar refractivity (Wildman–Crippen MR) is 212 cm³/mol. The van der Waals surface area contributed by atoms with Crippen molar-refractivity contribution in [2.45, 2.75) is 199 Å². The van der Waals surface area contributed by atoms with Crippen LogP contribution in [0.2, 0.25) is 0 Å². The summed E-state index contributed by atoms with van der Waals surface area (Å²) in [5.74, 6) is -2.38. The molecule has 0 aromatic carbocycles. The zero-order valence-corrected chi connectivity index (χ0v) is 34.3. The maximum Gasteiger partial charge on any atom is 0.472 e. The molecule has 0 saturated carbocycles. The van der Waals surface area contributed by atoms with Crippen molar-refractivity contribution in [1.29, 1.82) is 0 Å². The Morgan fingerprint density at radius 3 is 1.51 bits per heavy atom. The Balaban J connectivity index is 4.33. The van der Waals surface area contributed by atoms with Crippen molar-refractivity contribution in [3.8, 4) is 0 Å². The number of ether oxygens (including phenoxy) is 2. The van der Waals surface area contributed by atoms with Crippen LogP contribution in [0.1, 0.15) is 187 Å². The lowest BCUT2D eigenvalue weighted by Crippen LogP contribution is -2.34. The number of carboxylic acid groups (broad SMARTS) is 1. The summed E-state index contributed by atoms with van der Waals surface area (Å²) in [4.78, 5) is 45.8. The van der Waals surface area contributed by atoms with Crippen LogP contribution in [-0.2, 0) is 37.5 Å². The predicted octanol–water partition coefficient (Wildman–Crippen LogP) is 10.7. The fourth-order valence-electron chi connectivity index (χ4n) is 5.62. The average Bonchev–Trinajstić information content (AvgIpc) is 3.13. The van der Waals surface area contributed by atoms with Gasteiger partial charge >= 0.3 is 25.7 Å². The van der Waals surface area contributed by atoms with Gasteiger partial charge in [-0.15, -0.1) is 0 Å². The van der Waals surface area contributed by atoms with Crippen molar-refractivity contribution in [2.24, 2.45) is 5.73 Å². The molecular weight excluding hydrogens is 697 g/mol. The number of phosphoric acid groups is 1. The minimum atomic E-state index is -4.71.